The zero-order chi connectivity index (χ0) is 12.5. The molecular formula is C15H30BrN. The molecule has 1 rings (SSSR count). The van der Waals surface area contributed by atoms with Gasteiger partial charge in [0, 0.05) is 24.5 Å². The Bertz CT molecular complexity index is 178. The van der Waals surface area contributed by atoms with Gasteiger partial charge in [0.1, 0.15) is 0 Å². The molecule has 0 heterocycles. The predicted octanol–water partition coefficient (Wildman–Crippen LogP) is 4.84. The maximum atomic E-state index is 3.62. The Morgan fingerprint density at radius 2 is 1.94 bits per heavy atom. The topological polar surface area (TPSA) is 3.24 Å². The van der Waals surface area contributed by atoms with Crippen LogP contribution in [0.4, 0.5) is 0 Å². The zero-order valence-corrected chi connectivity index (χ0v) is 13.3. The SMILES string of the molecule is CCCCC(CC)CN(CCBr)C1CCCC1. The van der Waals surface area contributed by atoms with Crippen LogP contribution in [0.3, 0.4) is 0 Å². The molecule has 0 bridgehead atoms. The molecule has 0 aromatic heterocycles. The highest BCUT2D eigenvalue weighted by Gasteiger charge is 2.23. The van der Waals surface area contributed by atoms with Gasteiger partial charge in [-0.3, -0.25) is 4.90 Å². The van der Waals surface area contributed by atoms with Crippen molar-refractivity contribution in [1.82, 2.24) is 4.90 Å². The Balaban J connectivity index is 2.39. The fourth-order valence-electron chi connectivity index (χ4n) is 3.05. The molecule has 1 aliphatic carbocycles. The van der Waals surface area contributed by atoms with Gasteiger partial charge in [-0.25, -0.2) is 0 Å². The Kier molecular flexibility index (Phi) is 8.55. The van der Waals surface area contributed by atoms with Crippen molar-refractivity contribution >= 4 is 15.9 Å². The summed E-state index contributed by atoms with van der Waals surface area (Å²) in [6, 6.07) is 0.892. The minimum absolute atomic E-state index is 0.892. The van der Waals surface area contributed by atoms with Gasteiger partial charge in [-0.05, 0) is 25.2 Å². The van der Waals surface area contributed by atoms with E-state index in [9.17, 15) is 0 Å². The Morgan fingerprint density at radius 3 is 2.47 bits per heavy atom. The fourth-order valence-corrected chi connectivity index (χ4v) is 3.51. The number of nitrogens with zero attached hydrogens (tertiary/aromatic N) is 1. The number of alkyl halides is 1. The van der Waals surface area contributed by atoms with Crippen molar-refractivity contribution in [3.63, 3.8) is 0 Å². The van der Waals surface area contributed by atoms with E-state index < -0.39 is 0 Å². The lowest BCUT2D eigenvalue weighted by atomic mass is 9.98. The maximum Gasteiger partial charge on any atom is 0.0159 e. The number of rotatable bonds is 9. The second-order valence-electron chi connectivity index (χ2n) is 5.54. The average Bonchev–Trinajstić information content (AvgIpc) is 2.87. The van der Waals surface area contributed by atoms with Crippen molar-refractivity contribution in [3.05, 3.63) is 0 Å². The molecule has 1 aliphatic rings. The standard InChI is InChI=1S/C15H30BrN/c1-3-5-8-14(4-2)13-17(12-11-16)15-9-6-7-10-15/h14-15H,3-13H2,1-2H3. The predicted molar refractivity (Wildman–Crippen MR) is 80.9 cm³/mol. The van der Waals surface area contributed by atoms with Crippen LogP contribution >= 0.6 is 15.9 Å². The van der Waals surface area contributed by atoms with Gasteiger partial charge in [-0.1, -0.05) is 61.9 Å². The molecule has 0 spiro atoms. The Hall–Kier alpha value is 0.440. The summed E-state index contributed by atoms with van der Waals surface area (Å²) in [4.78, 5) is 2.77. The van der Waals surface area contributed by atoms with Crippen LogP contribution in [0.25, 0.3) is 0 Å². The molecule has 0 N–H and O–H groups in total. The van der Waals surface area contributed by atoms with E-state index in [-0.39, 0.29) is 0 Å². The second-order valence-corrected chi connectivity index (χ2v) is 6.33. The first-order valence-corrected chi connectivity index (χ1v) is 8.73. The third kappa shape index (κ3) is 5.74. The summed E-state index contributed by atoms with van der Waals surface area (Å²) in [5, 5.41) is 1.13. The molecule has 1 atom stereocenters. The summed E-state index contributed by atoms with van der Waals surface area (Å²) >= 11 is 3.62. The van der Waals surface area contributed by atoms with E-state index in [1.54, 1.807) is 0 Å². The van der Waals surface area contributed by atoms with Gasteiger partial charge in [-0.15, -0.1) is 0 Å². The molecule has 102 valence electrons. The number of hydrogen-bond acceptors (Lipinski definition) is 1. The fraction of sp³-hybridized carbons (Fsp3) is 1.00. The molecule has 0 aromatic rings. The van der Waals surface area contributed by atoms with E-state index >= 15 is 0 Å². The van der Waals surface area contributed by atoms with Crippen molar-refractivity contribution in [2.45, 2.75) is 71.3 Å². The number of unbranched alkanes of at least 4 members (excludes halogenated alkanes) is 1. The van der Waals surface area contributed by atoms with Gasteiger partial charge in [0.15, 0.2) is 0 Å². The quantitative estimate of drug-likeness (QED) is 0.551. The highest BCUT2D eigenvalue weighted by Crippen LogP contribution is 2.25. The molecule has 1 nitrogen and oxygen atoms in total. The largest absolute Gasteiger partial charge is 0.299 e. The molecule has 0 aliphatic heterocycles. The van der Waals surface area contributed by atoms with Gasteiger partial charge >= 0.3 is 0 Å². The zero-order valence-electron chi connectivity index (χ0n) is 11.8. The summed E-state index contributed by atoms with van der Waals surface area (Å²) in [6.45, 7) is 7.25. The van der Waals surface area contributed by atoms with E-state index in [0.29, 0.717) is 0 Å². The Labute approximate surface area is 116 Å². The van der Waals surface area contributed by atoms with Gasteiger partial charge in [-0.2, -0.15) is 0 Å². The van der Waals surface area contributed by atoms with Gasteiger partial charge in [0.05, 0.1) is 0 Å². The number of hydrogen-bond donors (Lipinski definition) is 0. The van der Waals surface area contributed by atoms with Crippen LogP contribution in [0.1, 0.15) is 65.2 Å². The smallest absolute Gasteiger partial charge is 0.0159 e. The van der Waals surface area contributed by atoms with Crippen LogP contribution in [-0.2, 0) is 0 Å². The monoisotopic (exact) mass is 303 g/mol. The molecule has 17 heavy (non-hydrogen) atoms. The summed E-state index contributed by atoms with van der Waals surface area (Å²) in [7, 11) is 0. The van der Waals surface area contributed by atoms with E-state index in [1.165, 1.54) is 64.5 Å². The molecule has 0 saturated heterocycles. The van der Waals surface area contributed by atoms with Crippen molar-refractivity contribution in [1.29, 1.82) is 0 Å². The van der Waals surface area contributed by atoms with Gasteiger partial charge in [0.2, 0.25) is 0 Å². The summed E-state index contributed by atoms with van der Waals surface area (Å²) in [5.74, 6) is 0.926. The molecular weight excluding hydrogens is 274 g/mol. The molecule has 0 amide bonds. The molecule has 1 unspecified atom stereocenters. The first kappa shape index (κ1) is 15.5. The third-order valence-corrected chi connectivity index (χ3v) is 4.60. The van der Waals surface area contributed by atoms with E-state index in [1.807, 2.05) is 0 Å². The minimum atomic E-state index is 0.892. The third-order valence-electron chi connectivity index (χ3n) is 4.25. The number of halogens is 1. The van der Waals surface area contributed by atoms with Crippen LogP contribution in [0, 0.1) is 5.92 Å². The van der Waals surface area contributed by atoms with Crippen molar-refractivity contribution in [2.24, 2.45) is 5.92 Å². The molecule has 0 aromatic carbocycles. The van der Waals surface area contributed by atoms with E-state index in [2.05, 4.69) is 34.7 Å². The first-order chi connectivity index (χ1) is 8.31. The molecule has 1 saturated carbocycles. The highest BCUT2D eigenvalue weighted by atomic mass is 79.9. The van der Waals surface area contributed by atoms with Crippen LogP contribution in [0.2, 0.25) is 0 Å². The maximum absolute atomic E-state index is 3.62. The molecule has 0 radical (unpaired) electrons. The van der Waals surface area contributed by atoms with Crippen LogP contribution in [-0.4, -0.2) is 29.4 Å². The summed E-state index contributed by atoms with van der Waals surface area (Å²) in [6.07, 6.45) is 11.3. The normalized spacial score (nSPS) is 19.1. The van der Waals surface area contributed by atoms with Crippen molar-refractivity contribution < 1.29 is 0 Å². The highest BCUT2D eigenvalue weighted by molar-refractivity contribution is 9.09. The average molecular weight is 304 g/mol. The second kappa shape index (κ2) is 9.38. The van der Waals surface area contributed by atoms with Gasteiger partial charge < -0.3 is 0 Å². The van der Waals surface area contributed by atoms with E-state index in [4.69, 9.17) is 0 Å². The van der Waals surface area contributed by atoms with E-state index in [0.717, 1.165) is 17.3 Å². The van der Waals surface area contributed by atoms with Crippen LogP contribution in [0.15, 0.2) is 0 Å². The van der Waals surface area contributed by atoms with Crippen molar-refractivity contribution in [2.75, 3.05) is 18.4 Å². The Morgan fingerprint density at radius 1 is 1.24 bits per heavy atom. The van der Waals surface area contributed by atoms with Crippen molar-refractivity contribution in [3.8, 4) is 0 Å². The van der Waals surface area contributed by atoms with Crippen LogP contribution < -0.4 is 0 Å². The lowest BCUT2D eigenvalue weighted by Gasteiger charge is -2.31. The lowest BCUT2D eigenvalue weighted by molar-refractivity contribution is 0.171. The summed E-state index contributed by atoms with van der Waals surface area (Å²) < 4.78 is 0. The lowest BCUT2D eigenvalue weighted by Crippen LogP contribution is -2.38. The minimum Gasteiger partial charge on any atom is -0.299 e. The molecule has 1 fully saturated rings. The summed E-state index contributed by atoms with van der Waals surface area (Å²) in [5.41, 5.74) is 0. The van der Waals surface area contributed by atoms with Gasteiger partial charge in [0.25, 0.3) is 0 Å². The van der Waals surface area contributed by atoms with Crippen LogP contribution in [0.5, 0.6) is 0 Å². The first-order valence-electron chi connectivity index (χ1n) is 7.61. The molecule has 2 heteroatoms.